The second kappa shape index (κ2) is 7.28. The summed E-state index contributed by atoms with van der Waals surface area (Å²) in [5.41, 5.74) is 6.67. The second-order valence-electron chi connectivity index (χ2n) is 4.59. The molecule has 7 nitrogen and oxygen atoms in total. The van der Waals surface area contributed by atoms with Gasteiger partial charge in [0.25, 0.3) is 0 Å². The molecule has 3 amide bonds. The summed E-state index contributed by atoms with van der Waals surface area (Å²) >= 11 is 0. The molecule has 0 radical (unpaired) electrons. The van der Waals surface area contributed by atoms with E-state index < -0.39 is 30.4 Å². The van der Waals surface area contributed by atoms with E-state index in [0.717, 1.165) is 5.56 Å². The summed E-state index contributed by atoms with van der Waals surface area (Å²) in [6.07, 6.45) is -0.452. The minimum absolute atomic E-state index is 0.359. The zero-order valence-electron chi connectivity index (χ0n) is 12.0. The number of carboxylic acids is 1. The van der Waals surface area contributed by atoms with Crippen molar-refractivity contribution in [2.45, 2.75) is 26.3 Å². The Bertz CT molecular complexity index is 528. The lowest BCUT2D eigenvalue weighted by Gasteiger charge is -2.23. The monoisotopic (exact) mass is 293 g/mol. The van der Waals surface area contributed by atoms with Crippen molar-refractivity contribution in [1.82, 2.24) is 5.32 Å². The first kappa shape index (κ1) is 16.5. The summed E-state index contributed by atoms with van der Waals surface area (Å²) in [5, 5.41) is 11.3. The van der Waals surface area contributed by atoms with Crippen molar-refractivity contribution in [1.29, 1.82) is 0 Å². The molecule has 1 aromatic carbocycles. The van der Waals surface area contributed by atoms with E-state index in [4.69, 9.17) is 10.8 Å². The van der Waals surface area contributed by atoms with Crippen LogP contribution in [-0.4, -0.2) is 35.6 Å². The number of hydrogen-bond donors (Lipinski definition) is 3. The first-order valence-corrected chi connectivity index (χ1v) is 6.51. The number of nitrogens with two attached hydrogens (primary N) is 1. The Kier molecular flexibility index (Phi) is 5.71. The number of nitrogens with zero attached hydrogens (tertiary/aromatic N) is 1. The Morgan fingerprint density at radius 1 is 1.29 bits per heavy atom. The molecule has 1 aromatic rings. The Labute approximate surface area is 122 Å². The zero-order chi connectivity index (χ0) is 16.0. The van der Waals surface area contributed by atoms with E-state index in [1.165, 1.54) is 4.90 Å². The second-order valence-corrected chi connectivity index (χ2v) is 4.59. The normalized spacial score (nSPS) is 11.5. The first-order chi connectivity index (χ1) is 9.85. The smallest absolute Gasteiger partial charge is 0.326 e. The SMILES string of the molecule is CCN(C(=O)N[C@H](CC(N)=O)C(=O)O)c1ccc(C)cc1. The number of rotatable bonds is 6. The molecule has 0 aromatic heterocycles. The van der Waals surface area contributed by atoms with Crippen LogP contribution in [0.2, 0.25) is 0 Å². The van der Waals surface area contributed by atoms with Crippen LogP contribution in [0.15, 0.2) is 24.3 Å². The number of carboxylic acid groups (broad SMARTS) is 1. The van der Waals surface area contributed by atoms with Crippen LogP contribution in [0.3, 0.4) is 0 Å². The van der Waals surface area contributed by atoms with Crippen molar-refractivity contribution in [3.05, 3.63) is 29.8 Å². The van der Waals surface area contributed by atoms with Crippen molar-refractivity contribution in [2.24, 2.45) is 5.73 Å². The molecule has 0 bridgehead atoms. The van der Waals surface area contributed by atoms with Gasteiger partial charge in [-0.05, 0) is 26.0 Å². The Morgan fingerprint density at radius 2 is 1.86 bits per heavy atom. The summed E-state index contributed by atoms with van der Waals surface area (Å²) in [6.45, 7) is 4.05. The number of aryl methyl sites for hydroxylation is 1. The van der Waals surface area contributed by atoms with E-state index in [9.17, 15) is 14.4 Å². The number of hydrogen-bond acceptors (Lipinski definition) is 3. The van der Waals surface area contributed by atoms with Crippen LogP contribution in [0.5, 0.6) is 0 Å². The Morgan fingerprint density at radius 3 is 2.29 bits per heavy atom. The molecule has 0 fully saturated rings. The van der Waals surface area contributed by atoms with Gasteiger partial charge in [-0.1, -0.05) is 17.7 Å². The molecule has 0 saturated carbocycles. The van der Waals surface area contributed by atoms with E-state index in [-0.39, 0.29) is 0 Å². The van der Waals surface area contributed by atoms with Crippen molar-refractivity contribution in [3.8, 4) is 0 Å². The number of anilines is 1. The highest BCUT2D eigenvalue weighted by Crippen LogP contribution is 2.15. The highest BCUT2D eigenvalue weighted by atomic mass is 16.4. The number of primary amides is 1. The Balaban J connectivity index is 2.85. The van der Waals surface area contributed by atoms with Crippen molar-refractivity contribution in [3.63, 3.8) is 0 Å². The molecule has 0 spiro atoms. The predicted octanol–water partition coefficient (Wildman–Crippen LogP) is 0.860. The molecule has 0 saturated heterocycles. The molecule has 0 aliphatic rings. The lowest BCUT2D eigenvalue weighted by molar-refractivity contribution is -0.140. The zero-order valence-corrected chi connectivity index (χ0v) is 12.0. The molecule has 7 heteroatoms. The fourth-order valence-corrected chi connectivity index (χ4v) is 1.80. The summed E-state index contributed by atoms with van der Waals surface area (Å²) in [4.78, 5) is 35.4. The van der Waals surface area contributed by atoms with Crippen LogP contribution in [0.1, 0.15) is 18.9 Å². The lowest BCUT2D eigenvalue weighted by atomic mass is 10.2. The van der Waals surface area contributed by atoms with Crippen molar-refractivity contribution < 1.29 is 19.5 Å². The molecule has 21 heavy (non-hydrogen) atoms. The van der Waals surface area contributed by atoms with E-state index in [1.54, 1.807) is 19.1 Å². The maximum Gasteiger partial charge on any atom is 0.326 e. The summed E-state index contributed by atoms with van der Waals surface area (Å²) in [6, 6.07) is 5.31. The predicted molar refractivity (Wildman–Crippen MR) is 78.0 cm³/mol. The number of urea groups is 1. The van der Waals surface area contributed by atoms with Crippen LogP contribution in [0.4, 0.5) is 10.5 Å². The van der Waals surface area contributed by atoms with Gasteiger partial charge in [0.05, 0.1) is 6.42 Å². The molecule has 1 rings (SSSR count). The molecular weight excluding hydrogens is 274 g/mol. The molecule has 4 N–H and O–H groups in total. The quantitative estimate of drug-likeness (QED) is 0.722. The van der Waals surface area contributed by atoms with E-state index in [2.05, 4.69) is 5.32 Å². The highest BCUT2D eigenvalue weighted by molar-refractivity contribution is 5.95. The fraction of sp³-hybridized carbons (Fsp3) is 0.357. The van der Waals surface area contributed by atoms with Crippen LogP contribution in [-0.2, 0) is 9.59 Å². The van der Waals surface area contributed by atoms with Gasteiger partial charge in [-0.2, -0.15) is 0 Å². The number of carbonyl (C=O) groups excluding carboxylic acids is 2. The molecule has 1 atom stereocenters. The lowest BCUT2D eigenvalue weighted by Crippen LogP contribution is -2.49. The van der Waals surface area contributed by atoms with E-state index in [1.807, 2.05) is 19.1 Å². The minimum atomic E-state index is -1.34. The molecule has 0 unspecified atom stereocenters. The summed E-state index contributed by atoms with van der Waals surface area (Å²) in [7, 11) is 0. The van der Waals surface area contributed by atoms with E-state index in [0.29, 0.717) is 12.2 Å². The fourth-order valence-electron chi connectivity index (χ4n) is 1.80. The maximum atomic E-state index is 12.2. The average molecular weight is 293 g/mol. The van der Waals surface area contributed by atoms with Crippen LogP contribution >= 0.6 is 0 Å². The van der Waals surface area contributed by atoms with Gasteiger partial charge >= 0.3 is 12.0 Å². The van der Waals surface area contributed by atoms with Gasteiger partial charge < -0.3 is 16.2 Å². The van der Waals surface area contributed by atoms with Gasteiger partial charge in [-0.25, -0.2) is 9.59 Å². The summed E-state index contributed by atoms with van der Waals surface area (Å²) in [5.74, 6) is -2.09. The largest absolute Gasteiger partial charge is 0.480 e. The standard InChI is InChI=1S/C14H19N3O4/c1-3-17(10-6-4-9(2)5-7-10)14(21)16-11(13(19)20)8-12(15)18/h4-7,11H,3,8H2,1-2H3,(H2,15,18)(H,16,21)(H,19,20)/t11-/m1/s1. The number of nitrogens with one attached hydrogen (secondary N) is 1. The molecule has 0 aliphatic carbocycles. The van der Waals surface area contributed by atoms with E-state index >= 15 is 0 Å². The molecule has 0 aliphatic heterocycles. The van der Waals surface area contributed by atoms with Gasteiger partial charge in [0.2, 0.25) is 5.91 Å². The van der Waals surface area contributed by atoms with Gasteiger partial charge in [0, 0.05) is 12.2 Å². The number of amides is 3. The average Bonchev–Trinajstić information content (AvgIpc) is 2.40. The van der Waals surface area contributed by atoms with Gasteiger partial charge in [0.1, 0.15) is 6.04 Å². The summed E-state index contributed by atoms with van der Waals surface area (Å²) < 4.78 is 0. The maximum absolute atomic E-state index is 12.2. The molecule has 0 heterocycles. The topological polar surface area (TPSA) is 113 Å². The molecule has 114 valence electrons. The van der Waals surface area contributed by atoms with Gasteiger partial charge in [0.15, 0.2) is 0 Å². The number of benzene rings is 1. The number of carbonyl (C=O) groups is 3. The molecular formula is C14H19N3O4. The third-order valence-electron chi connectivity index (χ3n) is 2.91. The number of aliphatic carboxylic acids is 1. The highest BCUT2D eigenvalue weighted by Gasteiger charge is 2.24. The van der Waals surface area contributed by atoms with Crippen LogP contribution in [0.25, 0.3) is 0 Å². The van der Waals surface area contributed by atoms with Gasteiger partial charge in [-0.3, -0.25) is 9.69 Å². The van der Waals surface area contributed by atoms with Gasteiger partial charge in [-0.15, -0.1) is 0 Å². The Hall–Kier alpha value is -2.57. The van der Waals surface area contributed by atoms with Crippen LogP contribution < -0.4 is 16.0 Å². The third-order valence-corrected chi connectivity index (χ3v) is 2.91. The third kappa shape index (κ3) is 4.79. The van der Waals surface area contributed by atoms with Crippen LogP contribution in [0, 0.1) is 6.92 Å². The van der Waals surface area contributed by atoms with Crippen molar-refractivity contribution >= 4 is 23.6 Å². The first-order valence-electron chi connectivity index (χ1n) is 6.51. The minimum Gasteiger partial charge on any atom is -0.480 e. The van der Waals surface area contributed by atoms with Crippen molar-refractivity contribution in [2.75, 3.05) is 11.4 Å².